The Morgan fingerprint density at radius 1 is 1.64 bits per heavy atom. The summed E-state index contributed by atoms with van der Waals surface area (Å²) in [4.78, 5) is 4.26. The van der Waals surface area contributed by atoms with Crippen molar-refractivity contribution >= 4 is 0 Å². The lowest BCUT2D eigenvalue weighted by molar-refractivity contribution is 0.491. The second-order valence-corrected chi connectivity index (χ2v) is 2.51. The van der Waals surface area contributed by atoms with E-state index in [1.54, 1.807) is 6.26 Å². The molecule has 0 aromatic carbocycles. The van der Waals surface area contributed by atoms with E-state index in [0.717, 1.165) is 31.0 Å². The smallest absolute Gasteiger partial charge is 0.194 e. The monoisotopic (exact) mass is 154 g/mol. The lowest BCUT2D eigenvalue weighted by atomic mass is 10.3. The van der Waals surface area contributed by atoms with E-state index in [0.29, 0.717) is 0 Å². The van der Waals surface area contributed by atoms with Gasteiger partial charge in [0.1, 0.15) is 6.26 Å². The maximum absolute atomic E-state index is 5.21. The van der Waals surface area contributed by atoms with E-state index in [1.165, 1.54) is 0 Å². The summed E-state index contributed by atoms with van der Waals surface area (Å²) in [7, 11) is 1.90. The van der Waals surface area contributed by atoms with Gasteiger partial charge >= 0.3 is 0 Å². The molecule has 62 valence electrons. The standard InChI is InChI=1S/C8H14N2O/c1-3-4-8-10-7(5-9-2)6-11-8/h6,9H,3-5H2,1-2H3. The Morgan fingerprint density at radius 2 is 2.45 bits per heavy atom. The molecule has 0 aliphatic rings. The molecule has 1 aromatic heterocycles. The first-order valence-corrected chi connectivity index (χ1v) is 3.94. The van der Waals surface area contributed by atoms with E-state index in [2.05, 4.69) is 17.2 Å². The van der Waals surface area contributed by atoms with E-state index in [1.807, 2.05) is 7.05 Å². The first-order chi connectivity index (χ1) is 5.36. The van der Waals surface area contributed by atoms with Gasteiger partial charge in [0.05, 0.1) is 5.69 Å². The fourth-order valence-electron chi connectivity index (χ4n) is 0.940. The average Bonchev–Trinajstić information content (AvgIpc) is 2.38. The van der Waals surface area contributed by atoms with Crippen LogP contribution in [-0.4, -0.2) is 12.0 Å². The van der Waals surface area contributed by atoms with Crippen LogP contribution in [0.3, 0.4) is 0 Å². The molecule has 0 amide bonds. The first kappa shape index (κ1) is 8.27. The highest BCUT2D eigenvalue weighted by atomic mass is 16.3. The number of hydrogen-bond donors (Lipinski definition) is 1. The Hall–Kier alpha value is -0.830. The Morgan fingerprint density at radius 3 is 3.09 bits per heavy atom. The minimum Gasteiger partial charge on any atom is -0.449 e. The zero-order valence-electron chi connectivity index (χ0n) is 7.05. The van der Waals surface area contributed by atoms with Gasteiger partial charge < -0.3 is 9.73 Å². The number of rotatable bonds is 4. The molecule has 0 atom stereocenters. The minimum atomic E-state index is 0.785. The summed E-state index contributed by atoms with van der Waals surface area (Å²) in [5.74, 6) is 0.845. The molecule has 0 aliphatic carbocycles. The maximum Gasteiger partial charge on any atom is 0.194 e. The molecular formula is C8H14N2O. The van der Waals surface area contributed by atoms with E-state index >= 15 is 0 Å². The average molecular weight is 154 g/mol. The molecule has 0 bridgehead atoms. The molecule has 11 heavy (non-hydrogen) atoms. The number of hydrogen-bond acceptors (Lipinski definition) is 3. The van der Waals surface area contributed by atoms with Crippen molar-refractivity contribution in [2.45, 2.75) is 26.3 Å². The summed E-state index contributed by atoms with van der Waals surface area (Å²) in [6.45, 7) is 2.90. The zero-order valence-corrected chi connectivity index (χ0v) is 7.05. The van der Waals surface area contributed by atoms with Crippen LogP contribution in [-0.2, 0) is 13.0 Å². The molecular weight excluding hydrogens is 140 g/mol. The van der Waals surface area contributed by atoms with E-state index in [-0.39, 0.29) is 0 Å². The molecule has 0 spiro atoms. The predicted octanol–water partition coefficient (Wildman–Crippen LogP) is 1.35. The van der Waals surface area contributed by atoms with Gasteiger partial charge in [0, 0.05) is 13.0 Å². The van der Waals surface area contributed by atoms with Gasteiger partial charge in [-0.25, -0.2) is 4.98 Å². The van der Waals surface area contributed by atoms with E-state index in [9.17, 15) is 0 Å². The van der Waals surface area contributed by atoms with Crippen LogP contribution in [0.2, 0.25) is 0 Å². The van der Waals surface area contributed by atoms with Crippen LogP contribution in [0.15, 0.2) is 10.7 Å². The lowest BCUT2D eigenvalue weighted by Gasteiger charge is -1.89. The van der Waals surface area contributed by atoms with E-state index < -0.39 is 0 Å². The number of nitrogens with zero attached hydrogens (tertiary/aromatic N) is 1. The van der Waals surface area contributed by atoms with Crippen LogP contribution in [0.25, 0.3) is 0 Å². The third-order valence-electron chi connectivity index (χ3n) is 1.42. The quantitative estimate of drug-likeness (QED) is 0.711. The zero-order chi connectivity index (χ0) is 8.10. The molecule has 1 heterocycles. The van der Waals surface area contributed by atoms with Crippen molar-refractivity contribution in [3.63, 3.8) is 0 Å². The van der Waals surface area contributed by atoms with Gasteiger partial charge in [-0.3, -0.25) is 0 Å². The van der Waals surface area contributed by atoms with Gasteiger partial charge in [-0.05, 0) is 13.5 Å². The highest BCUT2D eigenvalue weighted by Crippen LogP contribution is 2.03. The van der Waals surface area contributed by atoms with Crippen molar-refractivity contribution in [3.05, 3.63) is 17.8 Å². The largest absolute Gasteiger partial charge is 0.449 e. The first-order valence-electron chi connectivity index (χ1n) is 3.94. The summed E-state index contributed by atoms with van der Waals surface area (Å²) in [5.41, 5.74) is 0.982. The van der Waals surface area contributed by atoms with E-state index in [4.69, 9.17) is 4.42 Å². The Kier molecular flexibility index (Phi) is 3.11. The van der Waals surface area contributed by atoms with Gasteiger partial charge in [-0.15, -0.1) is 0 Å². The normalized spacial score (nSPS) is 10.4. The topological polar surface area (TPSA) is 38.1 Å². The number of aromatic nitrogens is 1. The van der Waals surface area contributed by atoms with Crippen molar-refractivity contribution in [2.24, 2.45) is 0 Å². The lowest BCUT2D eigenvalue weighted by Crippen LogP contribution is -2.05. The number of oxazole rings is 1. The van der Waals surface area contributed by atoms with Gasteiger partial charge in [-0.1, -0.05) is 6.92 Å². The Labute approximate surface area is 66.8 Å². The van der Waals surface area contributed by atoms with Crippen LogP contribution < -0.4 is 5.32 Å². The van der Waals surface area contributed by atoms with Crippen molar-refractivity contribution in [1.29, 1.82) is 0 Å². The molecule has 1 aromatic rings. The molecule has 1 N–H and O–H groups in total. The fourth-order valence-corrected chi connectivity index (χ4v) is 0.940. The third-order valence-corrected chi connectivity index (χ3v) is 1.42. The van der Waals surface area contributed by atoms with Crippen molar-refractivity contribution in [1.82, 2.24) is 10.3 Å². The molecule has 1 rings (SSSR count). The van der Waals surface area contributed by atoms with Gasteiger partial charge in [-0.2, -0.15) is 0 Å². The number of nitrogens with one attached hydrogen (secondary N) is 1. The highest BCUT2D eigenvalue weighted by Gasteiger charge is 2.00. The third kappa shape index (κ3) is 2.35. The summed E-state index contributed by atoms with van der Waals surface area (Å²) in [6.07, 6.45) is 3.73. The Bertz CT molecular complexity index is 187. The molecule has 0 aliphatic heterocycles. The fraction of sp³-hybridized carbons (Fsp3) is 0.625. The Balaban J connectivity index is 2.51. The molecule has 0 saturated heterocycles. The molecule has 0 unspecified atom stereocenters. The molecule has 3 nitrogen and oxygen atoms in total. The SMILES string of the molecule is CCCc1nc(CNC)co1. The second-order valence-electron chi connectivity index (χ2n) is 2.51. The minimum absolute atomic E-state index is 0.785. The summed E-state index contributed by atoms with van der Waals surface area (Å²) in [6, 6.07) is 0. The van der Waals surface area contributed by atoms with Gasteiger partial charge in [0.25, 0.3) is 0 Å². The van der Waals surface area contributed by atoms with Crippen LogP contribution in [0.5, 0.6) is 0 Å². The molecule has 0 saturated carbocycles. The molecule has 3 heteroatoms. The molecule has 0 radical (unpaired) electrons. The predicted molar refractivity (Wildman–Crippen MR) is 43.3 cm³/mol. The van der Waals surface area contributed by atoms with Gasteiger partial charge in [0.2, 0.25) is 0 Å². The van der Waals surface area contributed by atoms with Crippen LogP contribution in [0.4, 0.5) is 0 Å². The van der Waals surface area contributed by atoms with Crippen molar-refractivity contribution in [2.75, 3.05) is 7.05 Å². The summed E-state index contributed by atoms with van der Waals surface area (Å²) in [5, 5.41) is 3.02. The second kappa shape index (κ2) is 4.13. The van der Waals surface area contributed by atoms with Crippen LogP contribution in [0, 0.1) is 0 Å². The maximum atomic E-state index is 5.21. The van der Waals surface area contributed by atoms with Crippen LogP contribution >= 0.6 is 0 Å². The molecule has 0 fully saturated rings. The van der Waals surface area contributed by atoms with Crippen molar-refractivity contribution in [3.8, 4) is 0 Å². The highest BCUT2D eigenvalue weighted by molar-refractivity contribution is 4.95. The number of aryl methyl sites for hydroxylation is 1. The summed E-state index contributed by atoms with van der Waals surface area (Å²) >= 11 is 0. The van der Waals surface area contributed by atoms with Crippen molar-refractivity contribution < 1.29 is 4.42 Å². The van der Waals surface area contributed by atoms with Crippen LogP contribution in [0.1, 0.15) is 24.9 Å². The van der Waals surface area contributed by atoms with Gasteiger partial charge in [0.15, 0.2) is 5.89 Å². The summed E-state index contributed by atoms with van der Waals surface area (Å²) < 4.78 is 5.21.